The van der Waals surface area contributed by atoms with E-state index in [0.717, 1.165) is 42.9 Å². The van der Waals surface area contributed by atoms with Gasteiger partial charge in [-0.05, 0) is 49.1 Å². The van der Waals surface area contributed by atoms with Gasteiger partial charge < -0.3 is 15.4 Å². The van der Waals surface area contributed by atoms with E-state index >= 15 is 0 Å². The molecule has 0 bridgehead atoms. The van der Waals surface area contributed by atoms with E-state index in [2.05, 4.69) is 43.5 Å². The summed E-state index contributed by atoms with van der Waals surface area (Å²) in [6.45, 7) is 10.8. The summed E-state index contributed by atoms with van der Waals surface area (Å²) in [5.41, 5.74) is 2.11. The van der Waals surface area contributed by atoms with Crippen molar-refractivity contribution in [1.82, 2.24) is 10.6 Å². The number of nitrogens with one attached hydrogen (secondary N) is 2. The molecule has 0 aromatic heterocycles. The van der Waals surface area contributed by atoms with E-state index in [9.17, 15) is 4.79 Å². The van der Waals surface area contributed by atoms with Crippen LogP contribution >= 0.6 is 0 Å². The maximum atomic E-state index is 12.9. The molecule has 1 amide bonds. The van der Waals surface area contributed by atoms with Crippen LogP contribution in [0.5, 0.6) is 5.75 Å². The molecule has 4 heteroatoms. The zero-order valence-corrected chi connectivity index (χ0v) is 18.3. The van der Waals surface area contributed by atoms with Crippen LogP contribution in [0.15, 0.2) is 54.6 Å². The Morgan fingerprint density at radius 1 is 0.966 bits per heavy atom. The summed E-state index contributed by atoms with van der Waals surface area (Å²) in [6, 6.07) is 17.9. The van der Waals surface area contributed by atoms with Gasteiger partial charge in [-0.2, -0.15) is 0 Å². The maximum Gasteiger partial charge on any atom is 0.227 e. The summed E-state index contributed by atoms with van der Waals surface area (Å²) in [4.78, 5) is 12.9. The van der Waals surface area contributed by atoms with Gasteiger partial charge >= 0.3 is 0 Å². The molecule has 2 rings (SSSR count). The summed E-state index contributed by atoms with van der Waals surface area (Å²) in [7, 11) is 0. The molecule has 0 fully saturated rings. The minimum Gasteiger partial charge on any atom is -0.493 e. The Bertz CT molecular complexity index is 715. The third kappa shape index (κ3) is 7.54. The fourth-order valence-corrected chi connectivity index (χ4v) is 3.02. The highest BCUT2D eigenvalue weighted by molar-refractivity contribution is 5.83. The Kier molecular flexibility index (Phi) is 9.72. The smallest absolute Gasteiger partial charge is 0.227 e. The molecule has 2 aromatic rings. The van der Waals surface area contributed by atoms with Gasteiger partial charge in [0.05, 0.1) is 18.6 Å². The minimum absolute atomic E-state index is 0.0385. The van der Waals surface area contributed by atoms with Crippen molar-refractivity contribution in [3.8, 4) is 5.75 Å². The SMILES string of the molecule is CCCNC[C@H](NC(=O)[C@@H](C)c1ccccc1)c1ccc(OC[C@@H](C)CC)cc1. The number of carbonyl (C=O) groups is 1. The van der Waals surface area contributed by atoms with Crippen molar-refractivity contribution >= 4 is 5.91 Å². The first-order chi connectivity index (χ1) is 14.0. The van der Waals surface area contributed by atoms with Crippen molar-refractivity contribution in [2.45, 2.75) is 52.5 Å². The number of hydrogen-bond acceptors (Lipinski definition) is 3. The van der Waals surface area contributed by atoms with Crippen molar-refractivity contribution in [2.24, 2.45) is 5.92 Å². The molecule has 29 heavy (non-hydrogen) atoms. The second kappa shape index (κ2) is 12.3. The standard InChI is InChI=1S/C25H36N2O2/c1-5-16-26-17-24(27-25(28)20(4)21-10-8-7-9-11-21)22-12-14-23(15-13-22)29-18-19(3)6-2/h7-15,19-20,24,26H,5-6,16-18H2,1-4H3,(H,27,28)/t19-,20-,24-/m0/s1. The van der Waals surface area contributed by atoms with Crippen LogP contribution in [0.25, 0.3) is 0 Å². The van der Waals surface area contributed by atoms with Crippen LogP contribution in [0.1, 0.15) is 63.6 Å². The highest BCUT2D eigenvalue weighted by Crippen LogP contribution is 2.21. The largest absolute Gasteiger partial charge is 0.493 e. The molecular formula is C25H36N2O2. The van der Waals surface area contributed by atoms with E-state index in [4.69, 9.17) is 4.74 Å². The average molecular weight is 397 g/mol. The Morgan fingerprint density at radius 3 is 2.28 bits per heavy atom. The van der Waals surface area contributed by atoms with Crippen LogP contribution in [-0.4, -0.2) is 25.6 Å². The second-order valence-corrected chi connectivity index (χ2v) is 7.79. The predicted octanol–water partition coefficient (Wildman–Crippen LogP) is 5.07. The fraction of sp³-hybridized carbons (Fsp3) is 0.480. The number of hydrogen-bond donors (Lipinski definition) is 2. The summed E-state index contributed by atoms with van der Waals surface area (Å²) >= 11 is 0. The molecule has 0 radical (unpaired) electrons. The van der Waals surface area contributed by atoms with Crippen LogP contribution in [0.3, 0.4) is 0 Å². The summed E-state index contributed by atoms with van der Waals surface area (Å²) < 4.78 is 5.87. The van der Waals surface area contributed by atoms with E-state index in [0.29, 0.717) is 12.5 Å². The number of carbonyl (C=O) groups excluding carboxylic acids is 1. The normalized spacial score (nSPS) is 14.1. The second-order valence-electron chi connectivity index (χ2n) is 7.79. The monoisotopic (exact) mass is 396 g/mol. The minimum atomic E-state index is -0.192. The third-order valence-electron chi connectivity index (χ3n) is 5.30. The lowest BCUT2D eigenvalue weighted by molar-refractivity contribution is -0.123. The lowest BCUT2D eigenvalue weighted by Gasteiger charge is -2.23. The maximum absolute atomic E-state index is 12.9. The van der Waals surface area contributed by atoms with Crippen LogP contribution in [0.2, 0.25) is 0 Å². The molecule has 2 N–H and O–H groups in total. The molecule has 0 unspecified atom stereocenters. The lowest BCUT2D eigenvalue weighted by Crippen LogP contribution is -2.37. The molecular weight excluding hydrogens is 360 g/mol. The average Bonchev–Trinajstić information content (AvgIpc) is 2.77. The van der Waals surface area contributed by atoms with Gasteiger partial charge in [0.2, 0.25) is 5.91 Å². The van der Waals surface area contributed by atoms with Crippen LogP contribution in [-0.2, 0) is 4.79 Å². The molecule has 0 spiro atoms. The van der Waals surface area contributed by atoms with Gasteiger partial charge in [-0.25, -0.2) is 0 Å². The molecule has 0 aliphatic rings. The van der Waals surface area contributed by atoms with Crippen molar-refractivity contribution < 1.29 is 9.53 Å². The van der Waals surface area contributed by atoms with E-state index in [1.54, 1.807) is 0 Å². The zero-order valence-electron chi connectivity index (χ0n) is 18.3. The molecule has 0 aliphatic carbocycles. The Morgan fingerprint density at radius 2 is 1.66 bits per heavy atom. The number of rotatable bonds is 12. The molecule has 0 aliphatic heterocycles. The highest BCUT2D eigenvalue weighted by atomic mass is 16.5. The fourth-order valence-electron chi connectivity index (χ4n) is 3.02. The first-order valence-corrected chi connectivity index (χ1v) is 10.8. The summed E-state index contributed by atoms with van der Waals surface area (Å²) in [5.74, 6) is 1.26. The van der Waals surface area contributed by atoms with Crippen LogP contribution in [0, 0.1) is 5.92 Å². The first kappa shape index (κ1) is 23.0. The number of ether oxygens (including phenoxy) is 1. The molecule has 4 nitrogen and oxygen atoms in total. The lowest BCUT2D eigenvalue weighted by atomic mass is 9.99. The van der Waals surface area contributed by atoms with Gasteiger partial charge in [0, 0.05) is 6.54 Å². The number of amides is 1. The van der Waals surface area contributed by atoms with Crippen molar-refractivity contribution in [3.63, 3.8) is 0 Å². The first-order valence-electron chi connectivity index (χ1n) is 10.8. The molecule has 0 heterocycles. The quantitative estimate of drug-likeness (QED) is 0.492. The molecule has 158 valence electrons. The summed E-state index contributed by atoms with van der Waals surface area (Å²) in [6.07, 6.45) is 2.17. The third-order valence-corrected chi connectivity index (χ3v) is 5.30. The molecule has 3 atom stereocenters. The van der Waals surface area contributed by atoms with Gasteiger partial charge in [-0.15, -0.1) is 0 Å². The Balaban J connectivity index is 2.05. The van der Waals surface area contributed by atoms with Crippen LogP contribution in [0.4, 0.5) is 0 Å². The molecule has 0 saturated carbocycles. The van der Waals surface area contributed by atoms with Crippen LogP contribution < -0.4 is 15.4 Å². The van der Waals surface area contributed by atoms with Crippen molar-refractivity contribution in [2.75, 3.05) is 19.7 Å². The van der Waals surface area contributed by atoms with Crippen molar-refractivity contribution in [1.29, 1.82) is 0 Å². The van der Waals surface area contributed by atoms with E-state index < -0.39 is 0 Å². The number of benzene rings is 2. The highest BCUT2D eigenvalue weighted by Gasteiger charge is 2.20. The summed E-state index contributed by atoms with van der Waals surface area (Å²) in [5, 5.41) is 6.66. The van der Waals surface area contributed by atoms with Gasteiger partial charge in [0.25, 0.3) is 0 Å². The Hall–Kier alpha value is -2.33. The van der Waals surface area contributed by atoms with Gasteiger partial charge in [0.1, 0.15) is 5.75 Å². The van der Waals surface area contributed by atoms with Crippen molar-refractivity contribution in [3.05, 3.63) is 65.7 Å². The predicted molar refractivity (Wildman–Crippen MR) is 120 cm³/mol. The van der Waals surface area contributed by atoms with E-state index in [1.807, 2.05) is 49.4 Å². The van der Waals surface area contributed by atoms with Gasteiger partial charge in [-0.1, -0.05) is 69.7 Å². The molecule has 0 saturated heterocycles. The topological polar surface area (TPSA) is 50.4 Å². The zero-order chi connectivity index (χ0) is 21.1. The van der Waals surface area contributed by atoms with E-state index in [1.165, 1.54) is 0 Å². The Labute approximate surface area is 176 Å². The molecule has 2 aromatic carbocycles. The van der Waals surface area contributed by atoms with Gasteiger partial charge in [-0.3, -0.25) is 4.79 Å². The van der Waals surface area contributed by atoms with E-state index in [-0.39, 0.29) is 17.9 Å². The van der Waals surface area contributed by atoms with Gasteiger partial charge in [0.15, 0.2) is 0 Å².